The zero-order valence-corrected chi connectivity index (χ0v) is 18.0. The third-order valence-electron chi connectivity index (χ3n) is 4.54. The Morgan fingerprint density at radius 3 is 1.76 bits per heavy atom. The Bertz CT molecular complexity index is 1170. The van der Waals surface area contributed by atoms with Crippen molar-refractivity contribution in [3.05, 3.63) is 106 Å². The molecular formula is C23H16F6N2O2S. The third kappa shape index (κ3) is 6.19. The number of carbonyl (C=O) groups is 1. The van der Waals surface area contributed by atoms with E-state index in [-0.39, 0.29) is 13.1 Å². The molecule has 1 amide bonds. The van der Waals surface area contributed by atoms with Gasteiger partial charge in [0.05, 0.1) is 0 Å². The van der Waals surface area contributed by atoms with Gasteiger partial charge in [0.15, 0.2) is 23.3 Å². The Morgan fingerprint density at radius 2 is 1.26 bits per heavy atom. The number of amides is 1. The van der Waals surface area contributed by atoms with E-state index in [0.717, 1.165) is 6.08 Å². The molecule has 0 saturated carbocycles. The number of nitrogens with one attached hydrogen (secondary N) is 1. The maximum absolute atomic E-state index is 14.2. The highest BCUT2D eigenvalue weighted by molar-refractivity contribution is 7.97. The van der Waals surface area contributed by atoms with Crippen molar-refractivity contribution in [3.8, 4) is 0 Å². The van der Waals surface area contributed by atoms with E-state index in [9.17, 15) is 31.1 Å². The van der Waals surface area contributed by atoms with Gasteiger partial charge in [-0.2, -0.15) is 0 Å². The molecule has 34 heavy (non-hydrogen) atoms. The van der Waals surface area contributed by atoms with Crippen LogP contribution >= 0.6 is 11.9 Å². The van der Waals surface area contributed by atoms with Gasteiger partial charge < -0.3 is 0 Å². The van der Waals surface area contributed by atoms with Crippen LogP contribution in [0.15, 0.2) is 59.5 Å². The minimum Gasteiger partial charge on any atom is -0.288 e. The summed E-state index contributed by atoms with van der Waals surface area (Å²) in [6.07, 6.45) is 2.52. The molecule has 2 N–H and O–H groups in total. The first kappa shape index (κ1) is 25.3. The maximum Gasteiger partial charge on any atom is 0.267 e. The van der Waals surface area contributed by atoms with E-state index in [2.05, 4.69) is 0 Å². The molecule has 0 aliphatic heterocycles. The van der Waals surface area contributed by atoms with Crippen LogP contribution in [0.2, 0.25) is 0 Å². The van der Waals surface area contributed by atoms with Crippen LogP contribution in [-0.4, -0.2) is 15.4 Å². The predicted octanol–water partition coefficient (Wildman–Crippen LogP) is 5.75. The highest BCUT2D eigenvalue weighted by Gasteiger charge is 2.27. The highest BCUT2D eigenvalue weighted by Crippen LogP contribution is 2.34. The van der Waals surface area contributed by atoms with Crippen LogP contribution in [0.4, 0.5) is 26.3 Å². The van der Waals surface area contributed by atoms with Crippen molar-refractivity contribution < 1.29 is 36.3 Å². The second-order valence-corrected chi connectivity index (χ2v) is 8.07. The lowest BCUT2D eigenvalue weighted by Gasteiger charge is -2.22. The fourth-order valence-corrected chi connectivity index (χ4v) is 3.88. The van der Waals surface area contributed by atoms with Crippen molar-refractivity contribution in [2.75, 3.05) is 0 Å². The van der Waals surface area contributed by atoms with E-state index < -0.39 is 45.7 Å². The Labute approximate surface area is 194 Å². The molecule has 4 nitrogen and oxygen atoms in total. The third-order valence-corrected chi connectivity index (χ3v) is 5.60. The quantitative estimate of drug-likeness (QED) is 0.0790. The largest absolute Gasteiger partial charge is 0.288 e. The molecule has 0 saturated heterocycles. The second kappa shape index (κ2) is 11.2. The average Bonchev–Trinajstić information content (AvgIpc) is 2.84. The lowest BCUT2D eigenvalue weighted by Crippen LogP contribution is -2.17. The average molecular weight is 498 g/mol. The zero-order chi connectivity index (χ0) is 24.8. The predicted molar refractivity (Wildman–Crippen MR) is 113 cm³/mol. The molecule has 0 unspecified atom stereocenters. The van der Waals surface area contributed by atoms with Gasteiger partial charge in [-0.1, -0.05) is 36.4 Å². The van der Waals surface area contributed by atoms with Gasteiger partial charge in [-0.25, -0.2) is 36.1 Å². The molecule has 0 bridgehead atoms. The molecule has 0 aromatic heterocycles. The normalized spacial score (nSPS) is 11.4. The second-order valence-electron chi connectivity index (χ2n) is 6.97. The van der Waals surface area contributed by atoms with E-state index >= 15 is 0 Å². The number of hydrogen-bond acceptors (Lipinski definition) is 4. The van der Waals surface area contributed by atoms with Crippen molar-refractivity contribution in [3.63, 3.8) is 0 Å². The topological polar surface area (TPSA) is 52.6 Å². The molecule has 0 aliphatic carbocycles. The molecular weight excluding hydrogens is 482 g/mol. The molecule has 0 radical (unpaired) electrons. The van der Waals surface area contributed by atoms with E-state index in [1.54, 1.807) is 24.3 Å². The molecule has 3 aromatic carbocycles. The van der Waals surface area contributed by atoms with Crippen LogP contribution < -0.4 is 5.48 Å². The van der Waals surface area contributed by atoms with Crippen LogP contribution in [0, 0.1) is 34.9 Å². The van der Waals surface area contributed by atoms with Crippen LogP contribution in [-0.2, 0) is 17.9 Å². The van der Waals surface area contributed by atoms with Gasteiger partial charge >= 0.3 is 0 Å². The summed E-state index contributed by atoms with van der Waals surface area (Å²) in [6, 6.07) is 11.7. The monoisotopic (exact) mass is 498 g/mol. The Morgan fingerprint density at radius 1 is 0.794 bits per heavy atom. The van der Waals surface area contributed by atoms with Crippen molar-refractivity contribution in [1.82, 2.24) is 9.79 Å². The number of carbonyl (C=O) groups excluding carboxylic acids is 1. The number of hydroxylamine groups is 1. The molecule has 3 aromatic rings. The van der Waals surface area contributed by atoms with Crippen molar-refractivity contribution in [1.29, 1.82) is 0 Å². The summed E-state index contributed by atoms with van der Waals surface area (Å²) in [5, 5.41) is 8.50. The van der Waals surface area contributed by atoms with Gasteiger partial charge in [-0.15, -0.1) is 0 Å². The van der Waals surface area contributed by atoms with Gasteiger partial charge in [-0.05, 0) is 46.8 Å². The van der Waals surface area contributed by atoms with Gasteiger partial charge in [0.1, 0.15) is 10.7 Å². The number of hydrogen-bond donors (Lipinski definition) is 2. The van der Waals surface area contributed by atoms with Crippen LogP contribution in [0.5, 0.6) is 0 Å². The molecule has 3 rings (SSSR count). The summed E-state index contributed by atoms with van der Waals surface area (Å²) in [6.45, 7) is 0.00538. The van der Waals surface area contributed by atoms with E-state index in [0.29, 0.717) is 28.6 Å². The Kier molecular flexibility index (Phi) is 8.37. The van der Waals surface area contributed by atoms with Crippen molar-refractivity contribution >= 4 is 23.9 Å². The SMILES string of the molecule is O=C(/C=C/c1ccc(CN(Cc2ccc(F)cc2)Sc2c(F)c(F)c(F)c(F)c2F)cc1)NO. The summed E-state index contributed by atoms with van der Waals surface area (Å²) in [5.74, 6) is -11.5. The van der Waals surface area contributed by atoms with Crippen LogP contribution in [0.25, 0.3) is 6.08 Å². The molecule has 0 atom stereocenters. The fraction of sp³-hybridized carbons (Fsp3) is 0.0870. The summed E-state index contributed by atoms with van der Waals surface area (Å²) in [5.41, 5.74) is 3.20. The lowest BCUT2D eigenvalue weighted by atomic mass is 10.1. The first-order valence-electron chi connectivity index (χ1n) is 9.59. The van der Waals surface area contributed by atoms with Crippen molar-refractivity contribution in [2.24, 2.45) is 0 Å². The Balaban J connectivity index is 1.88. The van der Waals surface area contributed by atoms with Gasteiger partial charge in [-0.3, -0.25) is 10.0 Å². The van der Waals surface area contributed by atoms with E-state index in [1.807, 2.05) is 0 Å². The maximum atomic E-state index is 14.2. The Hall–Kier alpha value is -3.28. The van der Waals surface area contributed by atoms with Gasteiger partial charge in [0.25, 0.3) is 5.91 Å². The lowest BCUT2D eigenvalue weighted by molar-refractivity contribution is -0.124. The zero-order valence-electron chi connectivity index (χ0n) is 17.2. The number of rotatable bonds is 8. The summed E-state index contributed by atoms with van der Waals surface area (Å²) < 4.78 is 83.8. The molecule has 178 valence electrons. The number of halogens is 6. The number of nitrogens with zero attached hydrogens (tertiary/aromatic N) is 1. The molecule has 11 heteroatoms. The minimum absolute atomic E-state index is 0.0111. The first-order valence-corrected chi connectivity index (χ1v) is 10.4. The first-order chi connectivity index (χ1) is 16.2. The highest BCUT2D eigenvalue weighted by atomic mass is 32.2. The van der Waals surface area contributed by atoms with E-state index in [4.69, 9.17) is 5.21 Å². The molecule has 0 aliphatic rings. The van der Waals surface area contributed by atoms with Crippen LogP contribution in [0.1, 0.15) is 16.7 Å². The summed E-state index contributed by atoms with van der Waals surface area (Å²) in [4.78, 5) is 10.0. The van der Waals surface area contributed by atoms with Gasteiger partial charge in [0, 0.05) is 19.2 Å². The summed E-state index contributed by atoms with van der Waals surface area (Å²) in [7, 11) is 0. The standard InChI is InChI=1S/C23H16F6N2O2S/c24-16-8-5-15(6-9-16)12-31(34-23-21(28)19(26)18(25)20(27)22(23)29)11-14-3-1-13(2-4-14)7-10-17(32)30-33/h1-10,33H,11-12H2,(H,30,32)/b10-7+. The molecule has 0 fully saturated rings. The fourth-order valence-electron chi connectivity index (χ4n) is 2.85. The van der Waals surface area contributed by atoms with Gasteiger partial charge in [0.2, 0.25) is 5.82 Å². The van der Waals surface area contributed by atoms with E-state index in [1.165, 1.54) is 40.1 Å². The van der Waals surface area contributed by atoms with Crippen LogP contribution in [0.3, 0.4) is 0 Å². The number of benzene rings is 3. The summed E-state index contributed by atoms with van der Waals surface area (Å²) >= 11 is 0.342. The smallest absolute Gasteiger partial charge is 0.267 e. The minimum atomic E-state index is -2.25. The molecule has 0 heterocycles. The van der Waals surface area contributed by atoms with Crippen molar-refractivity contribution in [2.45, 2.75) is 18.0 Å². The molecule has 0 spiro atoms.